The lowest BCUT2D eigenvalue weighted by atomic mass is 9.97. The van der Waals surface area contributed by atoms with Crippen LogP contribution in [-0.4, -0.2) is 23.6 Å². The molecule has 1 aliphatic heterocycles. The first-order valence-corrected chi connectivity index (χ1v) is 7.58. The zero-order chi connectivity index (χ0) is 13.8. The van der Waals surface area contributed by atoms with Gasteiger partial charge in [0.05, 0.1) is 0 Å². The van der Waals surface area contributed by atoms with Crippen LogP contribution in [0.1, 0.15) is 58.6 Å². The summed E-state index contributed by atoms with van der Waals surface area (Å²) in [5.74, 6) is 1.16. The van der Waals surface area contributed by atoms with E-state index in [9.17, 15) is 0 Å². The van der Waals surface area contributed by atoms with Gasteiger partial charge in [0.1, 0.15) is 5.82 Å². The molecule has 3 nitrogen and oxygen atoms in total. The molecule has 19 heavy (non-hydrogen) atoms. The fraction of sp³-hybridized carbons (Fsp3) is 0.688. The molecule has 1 aromatic rings. The van der Waals surface area contributed by atoms with Gasteiger partial charge in [-0.2, -0.15) is 0 Å². The predicted octanol–water partition coefficient (Wildman–Crippen LogP) is 3.52. The number of anilines is 1. The number of piperidine rings is 1. The average Bonchev–Trinajstić information content (AvgIpc) is 2.39. The second kappa shape index (κ2) is 6.38. The van der Waals surface area contributed by atoms with Gasteiger partial charge in [-0.15, -0.1) is 0 Å². The molecule has 0 bridgehead atoms. The van der Waals surface area contributed by atoms with E-state index in [4.69, 9.17) is 0 Å². The largest absolute Gasteiger partial charge is 0.351 e. The van der Waals surface area contributed by atoms with Gasteiger partial charge in [-0.05, 0) is 53.1 Å². The molecule has 1 saturated heterocycles. The molecular formula is C16H27N3. The van der Waals surface area contributed by atoms with Crippen LogP contribution in [0.15, 0.2) is 18.3 Å². The third-order valence-electron chi connectivity index (χ3n) is 3.86. The Morgan fingerprint density at radius 2 is 1.95 bits per heavy atom. The van der Waals surface area contributed by atoms with E-state index in [2.05, 4.69) is 55.0 Å². The minimum absolute atomic E-state index is 0.470. The molecule has 1 aliphatic rings. The molecule has 0 saturated carbocycles. The summed E-state index contributed by atoms with van der Waals surface area (Å²) < 4.78 is 0. The lowest BCUT2D eigenvalue weighted by molar-refractivity contribution is 0.410. The Kier molecular flexibility index (Phi) is 4.81. The third kappa shape index (κ3) is 3.27. The Morgan fingerprint density at radius 1 is 1.21 bits per heavy atom. The molecule has 3 heteroatoms. The topological polar surface area (TPSA) is 28.2 Å². The average molecular weight is 261 g/mol. The van der Waals surface area contributed by atoms with E-state index >= 15 is 0 Å². The van der Waals surface area contributed by atoms with Crippen molar-refractivity contribution in [3.8, 4) is 0 Å². The quantitative estimate of drug-likeness (QED) is 0.899. The molecule has 0 spiro atoms. The Balaban J connectivity index is 2.33. The normalized spacial score (nSPS) is 20.0. The molecule has 0 aromatic carbocycles. The van der Waals surface area contributed by atoms with Crippen LogP contribution in [0, 0.1) is 0 Å². The Bertz CT molecular complexity index is 387. The number of pyridine rings is 1. The number of aromatic nitrogens is 1. The van der Waals surface area contributed by atoms with Crippen LogP contribution >= 0.6 is 0 Å². The van der Waals surface area contributed by atoms with Crippen LogP contribution in [0.25, 0.3) is 0 Å². The minimum atomic E-state index is 0.470. The Labute approximate surface area is 117 Å². The van der Waals surface area contributed by atoms with Gasteiger partial charge in [0.2, 0.25) is 0 Å². The summed E-state index contributed by atoms with van der Waals surface area (Å²) in [6.45, 7) is 10.1. The first-order chi connectivity index (χ1) is 9.11. The molecule has 1 fully saturated rings. The van der Waals surface area contributed by atoms with Crippen molar-refractivity contribution in [1.82, 2.24) is 10.3 Å². The van der Waals surface area contributed by atoms with Gasteiger partial charge in [-0.1, -0.05) is 12.5 Å². The van der Waals surface area contributed by atoms with E-state index < -0.39 is 0 Å². The maximum Gasteiger partial charge on any atom is 0.133 e. The predicted molar refractivity (Wildman–Crippen MR) is 81.6 cm³/mol. The van der Waals surface area contributed by atoms with Gasteiger partial charge >= 0.3 is 0 Å². The van der Waals surface area contributed by atoms with Crippen LogP contribution in [0.3, 0.4) is 0 Å². The van der Waals surface area contributed by atoms with Crippen molar-refractivity contribution >= 4 is 5.82 Å². The maximum absolute atomic E-state index is 4.68. The summed E-state index contributed by atoms with van der Waals surface area (Å²) in [6, 6.07) is 5.71. The SMILES string of the molecule is CC(C)N(c1ncccc1C1CCCCN1)C(C)C. The molecule has 106 valence electrons. The first kappa shape index (κ1) is 14.3. The zero-order valence-corrected chi connectivity index (χ0v) is 12.7. The molecule has 0 amide bonds. The van der Waals surface area contributed by atoms with Crippen molar-refractivity contribution in [3.63, 3.8) is 0 Å². The van der Waals surface area contributed by atoms with E-state index in [-0.39, 0.29) is 0 Å². The fourth-order valence-corrected chi connectivity index (χ4v) is 3.10. The molecule has 0 radical (unpaired) electrons. The van der Waals surface area contributed by atoms with Crippen molar-refractivity contribution < 1.29 is 0 Å². The first-order valence-electron chi connectivity index (χ1n) is 7.58. The summed E-state index contributed by atoms with van der Waals surface area (Å²) in [5, 5.41) is 3.64. The van der Waals surface area contributed by atoms with E-state index in [1.165, 1.54) is 24.8 Å². The van der Waals surface area contributed by atoms with Gasteiger partial charge in [0, 0.05) is 29.9 Å². The second-order valence-corrected chi connectivity index (χ2v) is 6.01. The second-order valence-electron chi connectivity index (χ2n) is 6.01. The molecule has 2 rings (SSSR count). The Hall–Kier alpha value is -1.09. The smallest absolute Gasteiger partial charge is 0.133 e. The molecular weight excluding hydrogens is 234 g/mol. The van der Waals surface area contributed by atoms with Crippen molar-refractivity contribution in [3.05, 3.63) is 23.9 Å². The number of nitrogens with one attached hydrogen (secondary N) is 1. The monoisotopic (exact) mass is 261 g/mol. The highest BCUT2D eigenvalue weighted by Gasteiger charge is 2.24. The molecule has 0 aliphatic carbocycles. The summed E-state index contributed by atoms with van der Waals surface area (Å²) in [6.07, 6.45) is 5.75. The van der Waals surface area contributed by atoms with Crippen LogP contribution in [-0.2, 0) is 0 Å². The number of rotatable bonds is 4. The maximum atomic E-state index is 4.68. The lowest BCUT2D eigenvalue weighted by Crippen LogP contribution is -2.39. The third-order valence-corrected chi connectivity index (χ3v) is 3.86. The van der Waals surface area contributed by atoms with E-state index in [1.54, 1.807) is 0 Å². The zero-order valence-electron chi connectivity index (χ0n) is 12.7. The van der Waals surface area contributed by atoms with Crippen LogP contribution in [0.4, 0.5) is 5.82 Å². The van der Waals surface area contributed by atoms with Crippen LogP contribution in [0.5, 0.6) is 0 Å². The highest BCUT2D eigenvalue weighted by molar-refractivity contribution is 5.50. The summed E-state index contributed by atoms with van der Waals surface area (Å²) in [7, 11) is 0. The van der Waals surface area contributed by atoms with E-state index in [0.29, 0.717) is 18.1 Å². The van der Waals surface area contributed by atoms with Gasteiger partial charge in [-0.25, -0.2) is 4.98 Å². The minimum Gasteiger partial charge on any atom is -0.351 e. The highest BCUT2D eigenvalue weighted by atomic mass is 15.2. The standard InChI is InChI=1S/C16H27N3/c1-12(2)19(13(3)4)16-14(8-7-11-18-16)15-9-5-6-10-17-15/h7-8,11-13,15,17H,5-6,9-10H2,1-4H3. The number of hydrogen-bond donors (Lipinski definition) is 1. The van der Waals surface area contributed by atoms with Crippen molar-refractivity contribution in [2.75, 3.05) is 11.4 Å². The van der Waals surface area contributed by atoms with E-state index in [1.807, 2.05) is 6.20 Å². The van der Waals surface area contributed by atoms with Crippen molar-refractivity contribution in [1.29, 1.82) is 0 Å². The van der Waals surface area contributed by atoms with Crippen molar-refractivity contribution in [2.45, 2.75) is 65.1 Å². The summed E-state index contributed by atoms with van der Waals surface area (Å²) in [5.41, 5.74) is 1.37. The van der Waals surface area contributed by atoms with Gasteiger partial charge in [0.15, 0.2) is 0 Å². The molecule has 1 aromatic heterocycles. The van der Waals surface area contributed by atoms with E-state index in [0.717, 1.165) is 12.4 Å². The van der Waals surface area contributed by atoms with Crippen molar-refractivity contribution in [2.24, 2.45) is 0 Å². The molecule has 1 N–H and O–H groups in total. The highest BCUT2D eigenvalue weighted by Crippen LogP contribution is 2.31. The van der Waals surface area contributed by atoms with Gasteiger partial charge in [-0.3, -0.25) is 0 Å². The fourth-order valence-electron chi connectivity index (χ4n) is 3.10. The molecule has 1 unspecified atom stereocenters. The Morgan fingerprint density at radius 3 is 2.53 bits per heavy atom. The molecule has 2 heterocycles. The summed E-state index contributed by atoms with van der Waals surface area (Å²) in [4.78, 5) is 7.10. The van der Waals surface area contributed by atoms with Gasteiger partial charge < -0.3 is 10.2 Å². The summed E-state index contributed by atoms with van der Waals surface area (Å²) >= 11 is 0. The molecule has 1 atom stereocenters. The lowest BCUT2D eigenvalue weighted by Gasteiger charge is -2.35. The number of hydrogen-bond acceptors (Lipinski definition) is 3. The van der Waals surface area contributed by atoms with Crippen LogP contribution < -0.4 is 10.2 Å². The number of nitrogens with zero attached hydrogens (tertiary/aromatic N) is 2. The van der Waals surface area contributed by atoms with Crippen LogP contribution in [0.2, 0.25) is 0 Å². The van der Waals surface area contributed by atoms with Gasteiger partial charge in [0.25, 0.3) is 0 Å².